The van der Waals surface area contributed by atoms with Crippen molar-refractivity contribution in [2.45, 2.75) is 20.3 Å². The van der Waals surface area contributed by atoms with E-state index < -0.39 is 29.1 Å². The maximum atomic E-state index is 12.3. The maximum absolute atomic E-state index is 12.3. The van der Waals surface area contributed by atoms with Crippen LogP contribution in [-0.4, -0.2) is 30.2 Å². The Morgan fingerprint density at radius 1 is 1.25 bits per heavy atom. The number of nitro groups is 1. The molecular formula is C19H18N2O7. The predicted octanol–water partition coefficient (Wildman–Crippen LogP) is 2.99. The number of carbonyl (C=O) groups excluding carboxylic acids is 2. The Morgan fingerprint density at radius 2 is 1.96 bits per heavy atom. The lowest BCUT2D eigenvalue weighted by molar-refractivity contribution is -0.385. The number of nitro benzene ring substituents is 1. The molecule has 1 aliphatic heterocycles. The van der Waals surface area contributed by atoms with Crippen molar-refractivity contribution >= 4 is 23.3 Å². The lowest BCUT2D eigenvalue weighted by atomic mass is 10.1. The summed E-state index contributed by atoms with van der Waals surface area (Å²) >= 11 is 0. The molecule has 0 bridgehead atoms. The Hall–Kier alpha value is -3.62. The van der Waals surface area contributed by atoms with Crippen molar-refractivity contribution in [3.8, 4) is 11.5 Å². The zero-order chi connectivity index (χ0) is 20.3. The van der Waals surface area contributed by atoms with Crippen LogP contribution in [0.5, 0.6) is 11.5 Å². The summed E-state index contributed by atoms with van der Waals surface area (Å²) in [6, 6.07) is 7.92. The molecule has 0 radical (unpaired) electrons. The van der Waals surface area contributed by atoms with Crippen LogP contribution in [0, 0.1) is 17.0 Å². The number of hydrogen-bond acceptors (Lipinski definition) is 7. The van der Waals surface area contributed by atoms with E-state index in [9.17, 15) is 19.7 Å². The zero-order valence-corrected chi connectivity index (χ0v) is 15.3. The Labute approximate surface area is 160 Å². The van der Waals surface area contributed by atoms with Gasteiger partial charge in [-0.3, -0.25) is 14.9 Å². The highest BCUT2D eigenvalue weighted by atomic mass is 16.7. The number of esters is 1. The molecule has 1 heterocycles. The normalized spacial score (nSPS) is 11.8. The minimum atomic E-state index is -0.999. The van der Waals surface area contributed by atoms with E-state index in [2.05, 4.69) is 5.32 Å². The van der Waals surface area contributed by atoms with E-state index in [1.807, 2.05) is 32.0 Å². The number of rotatable bonds is 6. The Bertz CT molecular complexity index is 956. The predicted molar refractivity (Wildman–Crippen MR) is 98.7 cm³/mol. The quantitative estimate of drug-likeness (QED) is 0.461. The van der Waals surface area contributed by atoms with Crippen LogP contribution in [0.25, 0.3) is 0 Å². The minimum absolute atomic E-state index is 0.0937. The third-order valence-corrected chi connectivity index (χ3v) is 4.25. The molecule has 0 spiro atoms. The first kappa shape index (κ1) is 19.2. The Balaban J connectivity index is 1.71. The van der Waals surface area contributed by atoms with Gasteiger partial charge in [0.05, 0.1) is 11.0 Å². The molecule has 0 saturated carbocycles. The molecule has 146 valence electrons. The number of nitrogens with one attached hydrogen (secondary N) is 1. The van der Waals surface area contributed by atoms with E-state index in [1.54, 1.807) is 0 Å². The molecule has 0 aliphatic carbocycles. The van der Waals surface area contributed by atoms with Gasteiger partial charge in [-0.25, -0.2) is 4.79 Å². The lowest BCUT2D eigenvalue weighted by Gasteiger charge is -2.13. The summed E-state index contributed by atoms with van der Waals surface area (Å²) < 4.78 is 15.2. The molecule has 9 heteroatoms. The van der Waals surface area contributed by atoms with Gasteiger partial charge in [-0.2, -0.15) is 0 Å². The van der Waals surface area contributed by atoms with E-state index in [0.29, 0.717) is 5.69 Å². The number of hydrogen-bond donors (Lipinski definition) is 1. The smallest absolute Gasteiger partial charge is 0.345 e. The number of benzene rings is 2. The van der Waals surface area contributed by atoms with Gasteiger partial charge in [0, 0.05) is 11.8 Å². The molecule has 0 fully saturated rings. The molecule has 0 unspecified atom stereocenters. The molecule has 1 amide bonds. The van der Waals surface area contributed by atoms with E-state index >= 15 is 0 Å². The highest BCUT2D eigenvalue weighted by Crippen LogP contribution is 2.38. The standard InChI is InChI=1S/C19H18N2O7/c1-3-12-6-4-5-11(2)18(12)20-17(22)9-26-19(23)13-7-15-16(28-10-27-15)8-14(13)21(24)25/h4-8H,3,9-10H2,1-2H3,(H,20,22). The van der Waals surface area contributed by atoms with Gasteiger partial charge in [-0.1, -0.05) is 25.1 Å². The van der Waals surface area contributed by atoms with Crippen LogP contribution in [0.15, 0.2) is 30.3 Å². The first-order chi connectivity index (χ1) is 13.4. The summed E-state index contributed by atoms with van der Waals surface area (Å²) in [6.07, 6.45) is 0.723. The van der Waals surface area contributed by atoms with Gasteiger partial charge in [-0.15, -0.1) is 0 Å². The molecule has 1 aliphatic rings. The van der Waals surface area contributed by atoms with Crippen molar-refractivity contribution in [2.75, 3.05) is 18.7 Å². The van der Waals surface area contributed by atoms with E-state index in [4.69, 9.17) is 14.2 Å². The van der Waals surface area contributed by atoms with Gasteiger partial charge >= 0.3 is 5.97 Å². The van der Waals surface area contributed by atoms with E-state index in [0.717, 1.165) is 23.6 Å². The minimum Gasteiger partial charge on any atom is -0.454 e. The van der Waals surface area contributed by atoms with Gasteiger partial charge < -0.3 is 19.5 Å². The molecule has 28 heavy (non-hydrogen) atoms. The van der Waals surface area contributed by atoms with Crippen molar-refractivity contribution in [1.29, 1.82) is 0 Å². The molecule has 0 atom stereocenters. The number of ether oxygens (including phenoxy) is 3. The summed E-state index contributed by atoms with van der Waals surface area (Å²) in [5.74, 6) is -1.16. The second kappa shape index (κ2) is 7.95. The topological polar surface area (TPSA) is 117 Å². The first-order valence-electron chi connectivity index (χ1n) is 8.54. The fourth-order valence-electron chi connectivity index (χ4n) is 2.83. The van der Waals surface area contributed by atoms with Crippen LogP contribution in [0.2, 0.25) is 0 Å². The van der Waals surface area contributed by atoms with Crippen LogP contribution in [0.3, 0.4) is 0 Å². The molecule has 1 N–H and O–H groups in total. The number of amides is 1. The summed E-state index contributed by atoms with van der Waals surface area (Å²) in [7, 11) is 0. The number of carbonyl (C=O) groups is 2. The first-order valence-corrected chi connectivity index (χ1v) is 8.54. The average Bonchev–Trinajstić information content (AvgIpc) is 3.14. The third kappa shape index (κ3) is 3.88. The summed E-state index contributed by atoms with van der Waals surface area (Å²) in [5, 5.41) is 14.0. The Morgan fingerprint density at radius 3 is 2.64 bits per heavy atom. The fourth-order valence-corrected chi connectivity index (χ4v) is 2.83. The van der Waals surface area contributed by atoms with Crippen molar-refractivity contribution in [3.05, 3.63) is 57.1 Å². The van der Waals surface area contributed by atoms with Crippen molar-refractivity contribution in [3.63, 3.8) is 0 Å². The second-order valence-corrected chi connectivity index (χ2v) is 6.07. The molecule has 2 aromatic carbocycles. The van der Waals surface area contributed by atoms with Gasteiger partial charge in [0.1, 0.15) is 5.56 Å². The fraction of sp³-hybridized carbons (Fsp3) is 0.263. The number of anilines is 1. The highest BCUT2D eigenvalue weighted by Gasteiger charge is 2.28. The van der Waals surface area contributed by atoms with E-state index in [-0.39, 0.29) is 23.9 Å². The molecule has 0 saturated heterocycles. The van der Waals surface area contributed by atoms with Crippen molar-refractivity contribution in [2.24, 2.45) is 0 Å². The van der Waals surface area contributed by atoms with Gasteiger partial charge in [0.15, 0.2) is 18.1 Å². The van der Waals surface area contributed by atoms with Crippen molar-refractivity contribution in [1.82, 2.24) is 0 Å². The summed E-state index contributed by atoms with van der Waals surface area (Å²) in [6.45, 7) is 3.14. The van der Waals surface area contributed by atoms with Gasteiger partial charge in [0.25, 0.3) is 11.6 Å². The summed E-state index contributed by atoms with van der Waals surface area (Å²) in [4.78, 5) is 35.0. The molecule has 0 aromatic heterocycles. The van der Waals surface area contributed by atoms with Gasteiger partial charge in [0.2, 0.25) is 6.79 Å². The van der Waals surface area contributed by atoms with Crippen molar-refractivity contribution < 1.29 is 28.7 Å². The molecule has 2 aromatic rings. The monoisotopic (exact) mass is 386 g/mol. The second-order valence-electron chi connectivity index (χ2n) is 6.07. The van der Waals surface area contributed by atoms with Crippen LogP contribution in [-0.2, 0) is 16.0 Å². The van der Waals surface area contributed by atoms with Crippen LogP contribution in [0.4, 0.5) is 11.4 Å². The molecule has 9 nitrogen and oxygen atoms in total. The van der Waals surface area contributed by atoms with Gasteiger partial charge in [-0.05, 0) is 24.5 Å². The van der Waals surface area contributed by atoms with E-state index in [1.165, 1.54) is 6.07 Å². The number of nitrogens with zero attached hydrogens (tertiary/aromatic N) is 1. The number of para-hydroxylation sites is 1. The SMILES string of the molecule is CCc1cccc(C)c1NC(=O)COC(=O)c1cc2c(cc1[N+](=O)[O-])OCO2. The molecule has 3 rings (SSSR count). The largest absolute Gasteiger partial charge is 0.454 e. The number of fused-ring (bicyclic) bond motifs is 1. The molecular weight excluding hydrogens is 368 g/mol. The highest BCUT2D eigenvalue weighted by molar-refractivity contribution is 5.98. The zero-order valence-electron chi connectivity index (χ0n) is 15.3. The number of aryl methyl sites for hydroxylation is 2. The van der Waals surface area contributed by atoms with Crippen LogP contribution >= 0.6 is 0 Å². The van der Waals surface area contributed by atoms with Crippen LogP contribution < -0.4 is 14.8 Å². The Kier molecular flexibility index (Phi) is 5.44. The third-order valence-electron chi connectivity index (χ3n) is 4.25. The summed E-state index contributed by atoms with van der Waals surface area (Å²) in [5.41, 5.74) is 1.70. The van der Waals surface area contributed by atoms with Crippen LogP contribution in [0.1, 0.15) is 28.4 Å². The maximum Gasteiger partial charge on any atom is 0.345 e. The lowest BCUT2D eigenvalue weighted by Crippen LogP contribution is -2.22. The average molecular weight is 386 g/mol.